The van der Waals surface area contributed by atoms with Crippen molar-refractivity contribution in [1.29, 1.82) is 0 Å². The Morgan fingerprint density at radius 3 is 2.48 bits per heavy atom. The molecule has 1 saturated heterocycles. The number of sulfonamides is 1. The van der Waals surface area contributed by atoms with Gasteiger partial charge in [-0.15, -0.1) is 0 Å². The van der Waals surface area contributed by atoms with E-state index in [4.69, 9.17) is 0 Å². The Morgan fingerprint density at radius 1 is 1.29 bits per heavy atom. The van der Waals surface area contributed by atoms with Gasteiger partial charge in [-0.05, 0) is 31.0 Å². The number of hydrogen-bond acceptors (Lipinski definition) is 3. The molecule has 0 saturated carbocycles. The van der Waals surface area contributed by atoms with E-state index in [2.05, 4.69) is 0 Å². The van der Waals surface area contributed by atoms with Crippen LogP contribution >= 0.6 is 0 Å². The van der Waals surface area contributed by atoms with Crippen LogP contribution in [-0.2, 0) is 14.8 Å². The molecule has 0 atom stereocenters. The Labute approximate surface area is 119 Å². The topological polar surface area (TPSA) is 66.5 Å². The molecule has 1 aromatic carbocycles. The first-order chi connectivity index (χ1) is 9.62. The van der Waals surface area contributed by atoms with E-state index in [1.807, 2.05) is 0 Å². The number of rotatable bonds is 3. The van der Waals surface area contributed by atoms with Crippen LogP contribution in [0.1, 0.15) is 18.4 Å². The average molecular weight is 322 g/mol. The second-order valence-electron chi connectivity index (χ2n) is 4.70. The van der Waals surface area contributed by atoms with Gasteiger partial charge in [-0.3, -0.25) is 9.52 Å². The predicted octanol–water partition coefficient (Wildman–Crippen LogP) is 2.38. The Bertz CT molecular complexity index is 671. The van der Waals surface area contributed by atoms with Crippen molar-refractivity contribution in [2.75, 3.05) is 16.2 Å². The van der Waals surface area contributed by atoms with Crippen molar-refractivity contribution in [3.8, 4) is 0 Å². The number of nitrogens with zero attached hydrogens (tertiary/aromatic N) is 1. The predicted molar refractivity (Wildman–Crippen MR) is 71.4 cm³/mol. The van der Waals surface area contributed by atoms with Gasteiger partial charge in [0.15, 0.2) is 0 Å². The summed E-state index contributed by atoms with van der Waals surface area (Å²) in [5.41, 5.74) is -4.87. The highest BCUT2D eigenvalue weighted by Gasteiger charge is 2.46. The second-order valence-corrected chi connectivity index (χ2v) is 6.37. The molecule has 1 aliphatic heterocycles. The molecule has 0 aromatic heterocycles. The molecular formula is C12H13F3N2O3S. The summed E-state index contributed by atoms with van der Waals surface area (Å²) in [6.07, 6.45) is 1.04. The normalized spacial score (nSPS) is 16.4. The van der Waals surface area contributed by atoms with E-state index in [1.165, 1.54) is 28.7 Å². The summed E-state index contributed by atoms with van der Waals surface area (Å²) < 4.78 is 61.0. The molecule has 0 radical (unpaired) electrons. The molecule has 2 rings (SSSR count). The largest absolute Gasteiger partial charge is 0.516 e. The van der Waals surface area contributed by atoms with Crippen molar-refractivity contribution in [2.45, 2.75) is 25.3 Å². The van der Waals surface area contributed by atoms with E-state index in [9.17, 15) is 26.4 Å². The third kappa shape index (κ3) is 3.12. The Morgan fingerprint density at radius 2 is 1.95 bits per heavy atom. The van der Waals surface area contributed by atoms with Crippen molar-refractivity contribution >= 4 is 27.3 Å². The summed E-state index contributed by atoms with van der Waals surface area (Å²) >= 11 is 0. The van der Waals surface area contributed by atoms with Crippen LogP contribution in [-0.4, -0.2) is 26.4 Å². The van der Waals surface area contributed by atoms with Crippen LogP contribution in [0.4, 0.5) is 24.5 Å². The molecule has 1 heterocycles. The van der Waals surface area contributed by atoms with Gasteiger partial charge in [-0.25, -0.2) is 0 Å². The number of halogens is 3. The molecule has 0 aliphatic carbocycles. The van der Waals surface area contributed by atoms with Gasteiger partial charge < -0.3 is 4.90 Å². The third-order valence-electron chi connectivity index (χ3n) is 3.16. The van der Waals surface area contributed by atoms with Gasteiger partial charge in [-0.2, -0.15) is 21.6 Å². The maximum Gasteiger partial charge on any atom is 0.516 e. The maximum absolute atomic E-state index is 12.4. The smallest absolute Gasteiger partial charge is 0.312 e. The van der Waals surface area contributed by atoms with Crippen LogP contribution in [0.2, 0.25) is 0 Å². The summed E-state index contributed by atoms with van der Waals surface area (Å²) in [4.78, 5) is 13.0. The molecule has 1 N–H and O–H groups in total. The van der Waals surface area contributed by atoms with Crippen LogP contribution in [0.15, 0.2) is 18.2 Å². The summed E-state index contributed by atoms with van der Waals surface area (Å²) in [6.45, 7) is 1.94. The van der Waals surface area contributed by atoms with E-state index in [0.29, 0.717) is 30.6 Å². The van der Waals surface area contributed by atoms with Crippen LogP contribution in [0, 0.1) is 6.92 Å². The SMILES string of the molecule is Cc1ccc(N2CCCC2=O)cc1NS(=O)(=O)C(F)(F)F. The molecular weight excluding hydrogens is 309 g/mol. The van der Waals surface area contributed by atoms with Crippen molar-refractivity contribution < 1.29 is 26.4 Å². The maximum atomic E-state index is 12.4. The lowest BCUT2D eigenvalue weighted by molar-refractivity contribution is -0.117. The fraction of sp³-hybridized carbons (Fsp3) is 0.417. The van der Waals surface area contributed by atoms with E-state index in [-0.39, 0.29) is 11.6 Å². The van der Waals surface area contributed by atoms with Crippen molar-refractivity contribution in [3.63, 3.8) is 0 Å². The number of hydrogen-bond donors (Lipinski definition) is 1. The average Bonchev–Trinajstić information content (AvgIpc) is 2.77. The molecule has 9 heteroatoms. The molecule has 1 amide bonds. The number of amides is 1. The first kappa shape index (κ1) is 15.6. The zero-order valence-electron chi connectivity index (χ0n) is 11.1. The number of nitrogens with one attached hydrogen (secondary N) is 1. The number of carbonyl (C=O) groups excluding carboxylic acids is 1. The molecule has 21 heavy (non-hydrogen) atoms. The van der Waals surface area contributed by atoms with Gasteiger partial charge in [0.1, 0.15) is 0 Å². The van der Waals surface area contributed by atoms with Crippen molar-refractivity contribution in [3.05, 3.63) is 23.8 Å². The fourth-order valence-corrected chi connectivity index (χ4v) is 2.64. The van der Waals surface area contributed by atoms with Crippen LogP contribution < -0.4 is 9.62 Å². The molecule has 1 fully saturated rings. The summed E-state index contributed by atoms with van der Waals surface area (Å²) in [6, 6.07) is 4.28. The van der Waals surface area contributed by atoms with E-state index in [0.717, 1.165) is 0 Å². The van der Waals surface area contributed by atoms with Gasteiger partial charge in [0.05, 0.1) is 5.69 Å². The standard InChI is InChI=1S/C12H13F3N2O3S/c1-8-4-5-9(17-6-2-3-11(17)18)7-10(8)16-21(19,20)12(13,14)15/h4-5,7,16H,2-3,6H2,1H3. The first-order valence-electron chi connectivity index (χ1n) is 6.12. The molecule has 0 spiro atoms. The quantitative estimate of drug-likeness (QED) is 0.929. The molecule has 0 unspecified atom stereocenters. The summed E-state index contributed by atoms with van der Waals surface area (Å²) in [5, 5.41) is 0. The monoisotopic (exact) mass is 322 g/mol. The number of aryl methyl sites for hydroxylation is 1. The minimum atomic E-state index is -5.48. The lowest BCUT2D eigenvalue weighted by atomic mass is 10.2. The highest BCUT2D eigenvalue weighted by atomic mass is 32.2. The zero-order valence-corrected chi connectivity index (χ0v) is 11.9. The Hall–Kier alpha value is -1.77. The molecule has 1 aromatic rings. The second kappa shape index (κ2) is 5.21. The van der Waals surface area contributed by atoms with Crippen LogP contribution in [0.5, 0.6) is 0 Å². The lowest BCUT2D eigenvalue weighted by Gasteiger charge is -2.19. The number of benzene rings is 1. The number of anilines is 2. The van der Waals surface area contributed by atoms with Gasteiger partial charge in [0.25, 0.3) is 0 Å². The van der Waals surface area contributed by atoms with Crippen LogP contribution in [0.3, 0.4) is 0 Å². The minimum absolute atomic E-state index is 0.136. The Balaban J connectivity index is 2.35. The van der Waals surface area contributed by atoms with E-state index < -0.39 is 15.5 Å². The molecule has 0 bridgehead atoms. The summed E-state index contributed by atoms with van der Waals surface area (Å²) in [7, 11) is -5.48. The molecule has 5 nitrogen and oxygen atoms in total. The van der Waals surface area contributed by atoms with Crippen molar-refractivity contribution in [1.82, 2.24) is 0 Å². The van der Waals surface area contributed by atoms with Gasteiger partial charge in [-0.1, -0.05) is 6.07 Å². The van der Waals surface area contributed by atoms with E-state index >= 15 is 0 Å². The third-order valence-corrected chi connectivity index (χ3v) is 4.25. The van der Waals surface area contributed by atoms with Gasteiger partial charge in [0.2, 0.25) is 5.91 Å². The van der Waals surface area contributed by atoms with Gasteiger partial charge in [0, 0.05) is 18.7 Å². The zero-order chi connectivity index (χ0) is 15.8. The minimum Gasteiger partial charge on any atom is -0.312 e. The fourth-order valence-electron chi connectivity index (χ4n) is 2.01. The Kier molecular flexibility index (Phi) is 3.87. The van der Waals surface area contributed by atoms with E-state index in [1.54, 1.807) is 6.07 Å². The first-order valence-corrected chi connectivity index (χ1v) is 7.60. The molecule has 1 aliphatic rings. The lowest BCUT2D eigenvalue weighted by Crippen LogP contribution is -2.30. The summed E-state index contributed by atoms with van der Waals surface area (Å²) in [5.74, 6) is -0.136. The number of carbonyl (C=O) groups is 1. The van der Waals surface area contributed by atoms with Crippen molar-refractivity contribution in [2.24, 2.45) is 0 Å². The molecule has 116 valence electrons. The van der Waals surface area contributed by atoms with Gasteiger partial charge >= 0.3 is 15.5 Å². The highest BCUT2D eigenvalue weighted by molar-refractivity contribution is 7.93. The highest BCUT2D eigenvalue weighted by Crippen LogP contribution is 2.30. The van der Waals surface area contributed by atoms with Crippen LogP contribution in [0.25, 0.3) is 0 Å². The number of alkyl halides is 3.